The average Bonchev–Trinajstić information content (AvgIpc) is 3.28. The van der Waals surface area contributed by atoms with E-state index in [1.807, 2.05) is 0 Å². The Bertz CT molecular complexity index is 547. The third-order valence-corrected chi connectivity index (χ3v) is 4.82. The number of likely N-dealkylation sites (tertiary alicyclic amines) is 1. The Morgan fingerprint density at radius 2 is 2.00 bits per heavy atom. The zero-order chi connectivity index (χ0) is 14.8. The lowest BCUT2D eigenvalue weighted by atomic mass is 9.97. The molecule has 2 aliphatic rings. The van der Waals surface area contributed by atoms with Crippen molar-refractivity contribution in [2.75, 3.05) is 32.0 Å². The van der Waals surface area contributed by atoms with Crippen molar-refractivity contribution in [2.45, 2.75) is 32.2 Å². The van der Waals surface area contributed by atoms with Crippen LogP contribution in [-0.2, 0) is 6.54 Å². The summed E-state index contributed by atoms with van der Waals surface area (Å²) in [6.07, 6.45) is 6.33. The van der Waals surface area contributed by atoms with Crippen molar-refractivity contribution in [1.82, 2.24) is 14.7 Å². The van der Waals surface area contributed by atoms with Crippen LogP contribution in [0.25, 0.3) is 0 Å². The summed E-state index contributed by atoms with van der Waals surface area (Å²) in [6, 6.07) is 0. The normalized spacial score (nSPS) is 20.7. The van der Waals surface area contributed by atoms with E-state index in [2.05, 4.69) is 22.4 Å². The Balaban J connectivity index is 1.65. The van der Waals surface area contributed by atoms with Gasteiger partial charge in [0.05, 0.1) is 11.2 Å². The molecule has 1 aromatic heterocycles. The van der Waals surface area contributed by atoms with Crippen molar-refractivity contribution in [1.29, 1.82) is 0 Å². The molecular formula is C15H23ClN4O. The first-order valence-corrected chi connectivity index (χ1v) is 8.19. The standard InChI is InChI=1S/C15H23ClN4O/c1-19-6-4-11(5-7-19)8-17-14-13(16)9-18-20(15(14)21)10-12-2-3-12/h9,11-12,17H,2-8,10H2,1H3. The predicted octanol–water partition coefficient (Wildman–Crippen LogP) is 2.06. The molecule has 0 bridgehead atoms. The summed E-state index contributed by atoms with van der Waals surface area (Å²) >= 11 is 6.15. The van der Waals surface area contributed by atoms with Gasteiger partial charge in [-0.3, -0.25) is 4.79 Å². The van der Waals surface area contributed by atoms with Crippen LogP contribution in [0, 0.1) is 11.8 Å². The Labute approximate surface area is 130 Å². The lowest BCUT2D eigenvalue weighted by Gasteiger charge is -2.29. The number of halogens is 1. The summed E-state index contributed by atoms with van der Waals surface area (Å²) in [6.45, 7) is 3.79. The highest BCUT2D eigenvalue weighted by Gasteiger charge is 2.24. The van der Waals surface area contributed by atoms with Crippen LogP contribution in [0.15, 0.2) is 11.0 Å². The molecular weight excluding hydrogens is 288 g/mol. The fourth-order valence-corrected chi connectivity index (χ4v) is 3.01. The number of hydrogen-bond acceptors (Lipinski definition) is 4. The molecule has 1 saturated heterocycles. The van der Waals surface area contributed by atoms with Crippen LogP contribution >= 0.6 is 11.6 Å². The Kier molecular flexibility index (Phi) is 4.50. The van der Waals surface area contributed by atoms with Gasteiger partial charge in [-0.2, -0.15) is 5.10 Å². The van der Waals surface area contributed by atoms with Gasteiger partial charge in [-0.25, -0.2) is 4.68 Å². The summed E-state index contributed by atoms with van der Waals surface area (Å²) in [5, 5.41) is 7.86. The van der Waals surface area contributed by atoms with Crippen LogP contribution in [0.2, 0.25) is 5.02 Å². The Hall–Kier alpha value is -1.07. The minimum atomic E-state index is -0.0812. The topological polar surface area (TPSA) is 50.2 Å². The van der Waals surface area contributed by atoms with Crippen LogP contribution in [0.5, 0.6) is 0 Å². The monoisotopic (exact) mass is 310 g/mol. The van der Waals surface area contributed by atoms with Crippen molar-refractivity contribution in [3.05, 3.63) is 21.6 Å². The molecule has 1 aromatic rings. The van der Waals surface area contributed by atoms with Gasteiger partial charge in [0, 0.05) is 13.1 Å². The maximum absolute atomic E-state index is 12.4. The van der Waals surface area contributed by atoms with Crippen molar-refractivity contribution in [3.63, 3.8) is 0 Å². The molecule has 6 heteroatoms. The summed E-state index contributed by atoms with van der Waals surface area (Å²) in [5.41, 5.74) is 0.438. The molecule has 1 saturated carbocycles. The highest BCUT2D eigenvalue weighted by Crippen LogP contribution is 2.30. The molecule has 0 atom stereocenters. The van der Waals surface area contributed by atoms with E-state index in [1.165, 1.54) is 25.7 Å². The third kappa shape index (κ3) is 3.77. The van der Waals surface area contributed by atoms with Gasteiger partial charge in [-0.1, -0.05) is 11.6 Å². The Morgan fingerprint density at radius 1 is 1.29 bits per heavy atom. The first-order valence-electron chi connectivity index (χ1n) is 7.81. The lowest BCUT2D eigenvalue weighted by molar-refractivity contribution is 0.226. The molecule has 2 heterocycles. The number of aromatic nitrogens is 2. The second-order valence-corrected chi connectivity index (χ2v) is 6.83. The fourth-order valence-electron chi connectivity index (χ4n) is 2.82. The number of rotatable bonds is 5. The maximum Gasteiger partial charge on any atom is 0.291 e. The van der Waals surface area contributed by atoms with Crippen LogP contribution in [0.4, 0.5) is 5.69 Å². The summed E-state index contributed by atoms with van der Waals surface area (Å²) in [5.74, 6) is 1.24. The largest absolute Gasteiger partial charge is 0.379 e. The third-order valence-electron chi connectivity index (χ3n) is 4.53. The van der Waals surface area contributed by atoms with Crippen molar-refractivity contribution in [3.8, 4) is 0 Å². The molecule has 1 aliphatic heterocycles. The minimum absolute atomic E-state index is 0.0812. The van der Waals surface area contributed by atoms with E-state index in [0.717, 1.165) is 26.2 Å². The van der Waals surface area contributed by atoms with Gasteiger partial charge in [0.2, 0.25) is 0 Å². The van der Waals surface area contributed by atoms with E-state index in [9.17, 15) is 4.79 Å². The molecule has 0 unspecified atom stereocenters. The van der Waals surface area contributed by atoms with Crippen LogP contribution < -0.4 is 10.9 Å². The van der Waals surface area contributed by atoms with Crippen molar-refractivity contribution >= 4 is 17.3 Å². The highest BCUT2D eigenvalue weighted by atomic mass is 35.5. The van der Waals surface area contributed by atoms with E-state index in [-0.39, 0.29) is 5.56 Å². The second-order valence-electron chi connectivity index (χ2n) is 6.43. The van der Waals surface area contributed by atoms with Gasteiger partial charge in [-0.15, -0.1) is 0 Å². The quantitative estimate of drug-likeness (QED) is 0.904. The summed E-state index contributed by atoms with van der Waals surface area (Å²) < 4.78 is 1.56. The number of nitrogens with one attached hydrogen (secondary N) is 1. The van der Waals surface area contributed by atoms with Gasteiger partial charge in [0.1, 0.15) is 5.69 Å². The first kappa shape index (κ1) is 14.9. The van der Waals surface area contributed by atoms with Crippen LogP contribution in [-0.4, -0.2) is 41.4 Å². The molecule has 0 aromatic carbocycles. The maximum atomic E-state index is 12.4. The molecule has 0 spiro atoms. The molecule has 1 N–H and O–H groups in total. The zero-order valence-corrected chi connectivity index (χ0v) is 13.3. The molecule has 3 rings (SSSR count). The van der Waals surface area contributed by atoms with E-state index in [1.54, 1.807) is 10.9 Å². The van der Waals surface area contributed by atoms with E-state index >= 15 is 0 Å². The van der Waals surface area contributed by atoms with E-state index < -0.39 is 0 Å². The number of hydrogen-bond donors (Lipinski definition) is 1. The molecule has 0 radical (unpaired) electrons. The SMILES string of the molecule is CN1CCC(CNc2c(Cl)cnn(CC3CC3)c2=O)CC1. The molecule has 21 heavy (non-hydrogen) atoms. The minimum Gasteiger partial charge on any atom is -0.379 e. The summed E-state index contributed by atoms with van der Waals surface area (Å²) in [4.78, 5) is 14.8. The Morgan fingerprint density at radius 3 is 2.67 bits per heavy atom. The van der Waals surface area contributed by atoms with Gasteiger partial charge < -0.3 is 10.2 Å². The molecule has 0 amide bonds. The van der Waals surface area contributed by atoms with Gasteiger partial charge in [0.25, 0.3) is 5.56 Å². The van der Waals surface area contributed by atoms with E-state index in [0.29, 0.717) is 22.5 Å². The number of piperidine rings is 1. The second kappa shape index (κ2) is 6.36. The average molecular weight is 311 g/mol. The fraction of sp³-hybridized carbons (Fsp3) is 0.733. The molecule has 5 nitrogen and oxygen atoms in total. The van der Waals surface area contributed by atoms with Crippen LogP contribution in [0.3, 0.4) is 0 Å². The zero-order valence-electron chi connectivity index (χ0n) is 12.5. The highest BCUT2D eigenvalue weighted by molar-refractivity contribution is 6.32. The predicted molar refractivity (Wildman–Crippen MR) is 84.9 cm³/mol. The van der Waals surface area contributed by atoms with Gasteiger partial charge in [0.15, 0.2) is 0 Å². The smallest absolute Gasteiger partial charge is 0.291 e. The lowest BCUT2D eigenvalue weighted by Crippen LogP contribution is -2.34. The van der Waals surface area contributed by atoms with Crippen LogP contribution in [0.1, 0.15) is 25.7 Å². The van der Waals surface area contributed by atoms with Crippen molar-refractivity contribution in [2.24, 2.45) is 11.8 Å². The number of anilines is 1. The van der Waals surface area contributed by atoms with Gasteiger partial charge in [-0.05, 0) is 57.7 Å². The van der Waals surface area contributed by atoms with E-state index in [4.69, 9.17) is 11.6 Å². The summed E-state index contributed by atoms with van der Waals surface area (Å²) in [7, 11) is 2.15. The molecule has 2 fully saturated rings. The number of nitrogens with zero attached hydrogens (tertiary/aromatic N) is 3. The first-order chi connectivity index (χ1) is 10.1. The molecule has 116 valence electrons. The van der Waals surface area contributed by atoms with Gasteiger partial charge >= 0.3 is 0 Å². The van der Waals surface area contributed by atoms with Crippen molar-refractivity contribution < 1.29 is 0 Å². The molecule has 1 aliphatic carbocycles.